The first-order valence-corrected chi connectivity index (χ1v) is 12.3. The number of hydrogen-bond donors (Lipinski definition) is 4. The Labute approximate surface area is 214 Å². The van der Waals surface area contributed by atoms with Gasteiger partial charge in [0.1, 0.15) is 10.5 Å². The maximum absolute atomic E-state index is 12.5. The van der Waals surface area contributed by atoms with E-state index in [1.165, 1.54) is 35.6 Å². The van der Waals surface area contributed by atoms with Gasteiger partial charge in [0.2, 0.25) is 0 Å². The van der Waals surface area contributed by atoms with Crippen LogP contribution in [0.2, 0.25) is 5.02 Å². The number of nitrogens with zero attached hydrogens (tertiary/aromatic N) is 1. The van der Waals surface area contributed by atoms with Gasteiger partial charge in [0, 0.05) is 41.3 Å². The minimum atomic E-state index is -5.08. The van der Waals surface area contributed by atoms with Crippen LogP contribution in [0.25, 0.3) is 0 Å². The Morgan fingerprint density at radius 2 is 1.75 bits per heavy atom. The molecule has 8 nitrogen and oxygen atoms in total. The monoisotopic (exact) mass is 547 g/mol. The van der Waals surface area contributed by atoms with Crippen LogP contribution in [0.3, 0.4) is 0 Å². The van der Waals surface area contributed by atoms with Crippen molar-refractivity contribution < 1.29 is 37.1 Å². The maximum atomic E-state index is 12.5. The van der Waals surface area contributed by atoms with Gasteiger partial charge in [0.15, 0.2) is 0 Å². The Hall–Kier alpha value is -2.83. The molecule has 5 N–H and O–H groups in total. The van der Waals surface area contributed by atoms with Crippen molar-refractivity contribution in [2.24, 2.45) is 5.73 Å². The zero-order valence-corrected chi connectivity index (χ0v) is 21.2. The van der Waals surface area contributed by atoms with E-state index in [9.17, 15) is 22.8 Å². The SMILES string of the molecule is C[N+]1(C)CCCC12CCc1c(sc(NC(=O)Nc3ccc(Cl)cc3)c1C(N)=O)C2.O=C(O)C(F)(F)F. The third kappa shape index (κ3) is 5.93. The Morgan fingerprint density at radius 3 is 2.25 bits per heavy atom. The molecule has 3 amide bonds. The number of aliphatic carboxylic acids is 1. The lowest BCUT2D eigenvalue weighted by Crippen LogP contribution is -2.57. The summed E-state index contributed by atoms with van der Waals surface area (Å²) in [6.07, 6.45) is 0.140. The van der Waals surface area contributed by atoms with E-state index in [1.807, 2.05) is 0 Å². The Morgan fingerprint density at radius 1 is 1.14 bits per heavy atom. The van der Waals surface area contributed by atoms with Crippen molar-refractivity contribution in [3.63, 3.8) is 0 Å². The molecule has 36 heavy (non-hydrogen) atoms. The molecule has 13 heteroatoms. The summed E-state index contributed by atoms with van der Waals surface area (Å²) in [6.45, 7) is 1.18. The fraction of sp³-hybridized carbons (Fsp3) is 0.435. The highest BCUT2D eigenvalue weighted by Gasteiger charge is 2.52. The zero-order chi connectivity index (χ0) is 26.9. The second-order valence-electron chi connectivity index (χ2n) is 9.37. The van der Waals surface area contributed by atoms with Crippen molar-refractivity contribution in [2.45, 2.75) is 43.8 Å². The first kappa shape index (κ1) is 27.8. The number of nitrogens with two attached hydrogens (primary N) is 1. The predicted molar refractivity (Wildman–Crippen MR) is 132 cm³/mol. The van der Waals surface area contributed by atoms with E-state index < -0.39 is 24.1 Å². The average Bonchev–Trinajstić information content (AvgIpc) is 3.25. The highest BCUT2D eigenvalue weighted by atomic mass is 35.5. The number of carboxylic acid groups (broad SMARTS) is 1. The van der Waals surface area contributed by atoms with Gasteiger partial charge in [-0.3, -0.25) is 10.1 Å². The molecule has 0 saturated carbocycles. The first-order chi connectivity index (χ1) is 16.6. The number of nitrogens with one attached hydrogen (secondary N) is 2. The molecule has 1 aliphatic carbocycles. The molecule has 0 bridgehead atoms. The molecule has 196 valence electrons. The molecule has 1 aromatic carbocycles. The summed E-state index contributed by atoms with van der Waals surface area (Å²) in [5.74, 6) is -3.24. The summed E-state index contributed by atoms with van der Waals surface area (Å²) in [6, 6.07) is 6.45. The van der Waals surface area contributed by atoms with E-state index in [2.05, 4.69) is 24.7 Å². The number of halogens is 4. The quantitative estimate of drug-likeness (QED) is 0.409. The second kappa shape index (κ2) is 10.3. The molecule has 2 heterocycles. The number of likely N-dealkylation sites (N-methyl/N-ethyl adjacent to an activating group) is 1. The normalized spacial score (nSPS) is 20.2. The summed E-state index contributed by atoms with van der Waals surface area (Å²) in [5, 5.41) is 13.9. The molecule has 1 saturated heterocycles. The number of rotatable bonds is 3. The van der Waals surface area contributed by atoms with Gasteiger partial charge in [0.25, 0.3) is 5.91 Å². The predicted octanol–water partition coefficient (Wildman–Crippen LogP) is 4.88. The first-order valence-electron chi connectivity index (χ1n) is 11.1. The number of urea groups is 1. The van der Waals surface area contributed by atoms with Crippen molar-refractivity contribution in [3.05, 3.63) is 45.3 Å². The number of primary amides is 1. The van der Waals surface area contributed by atoms with E-state index in [4.69, 9.17) is 27.2 Å². The van der Waals surface area contributed by atoms with Gasteiger partial charge in [0.05, 0.1) is 26.2 Å². The van der Waals surface area contributed by atoms with Gasteiger partial charge in [-0.05, 0) is 36.2 Å². The molecule has 2 aromatic rings. The average molecular weight is 548 g/mol. The number of hydrogen-bond acceptors (Lipinski definition) is 4. The van der Waals surface area contributed by atoms with E-state index >= 15 is 0 Å². The van der Waals surface area contributed by atoms with Crippen LogP contribution in [0.5, 0.6) is 0 Å². The number of amides is 3. The maximum Gasteiger partial charge on any atom is 0.490 e. The van der Waals surface area contributed by atoms with Crippen molar-refractivity contribution in [2.75, 3.05) is 31.3 Å². The molecule has 1 spiro atoms. The Kier molecular flexibility index (Phi) is 7.92. The lowest BCUT2D eigenvalue weighted by molar-refractivity contribution is -0.929. The lowest BCUT2D eigenvalue weighted by atomic mass is 9.78. The van der Waals surface area contributed by atoms with Gasteiger partial charge in [-0.2, -0.15) is 13.2 Å². The van der Waals surface area contributed by atoms with Crippen molar-refractivity contribution in [3.8, 4) is 0 Å². The number of likely N-dealkylation sites (tertiary alicyclic amines) is 1. The summed E-state index contributed by atoms with van der Waals surface area (Å²) < 4.78 is 32.7. The molecule has 1 aromatic heterocycles. The fourth-order valence-corrected chi connectivity index (χ4v) is 6.40. The third-order valence-electron chi connectivity index (χ3n) is 6.88. The standard InChI is InChI=1S/C21H25ClN4O2S.C2HF3O2/c1-26(2)11-3-9-21(26)10-8-15-16(12-21)29-19(17(15)18(23)27)25-20(28)24-14-6-4-13(22)5-7-14;3-2(4,5)1(6)7/h4-7H,3,8-12H2,1-2H3,(H3-,23,24,25,27,28);(H,6,7)/p+1. The molecule has 1 fully saturated rings. The van der Waals surface area contributed by atoms with Crippen molar-refractivity contribution >= 4 is 51.5 Å². The second-order valence-corrected chi connectivity index (χ2v) is 10.9. The topological polar surface area (TPSA) is 122 Å². The van der Waals surface area contributed by atoms with E-state index in [0.717, 1.165) is 29.3 Å². The molecule has 2 aliphatic rings. The van der Waals surface area contributed by atoms with E-state index in [0.29, 0.717) is 21.3 Å². The van der Waals surface area contributed by atoms with Crippen molar-refractivity contribution in [1.29, 1.82) is 0 Å². The van der Waals surface area contributed by atoms with Gasteiger partial charge >= 0.3 is 18.2 Å². The highest BCUT2D eigenvalue weighted by Crippen LogP contribution is 2.48. The van der Waals surface area contributed by atoms with Gasteiger partial charge in [-0.1, -0.05) is 11.6 Å². The molecule has 0 radical (unpaired) electrons. The van der Waals surface area contributed by atoms with Crippen LogP contribution in [0.1, 0.15) is 40.1 Å². The number of carbonyl (C=O) groups excluding carboxylic acids is 2. The number of carboxylic acids is 1. The number of anilines is 2. The molecular formula is C23H27ClF3N4O4S+. The van der Waals surface area contributed by atoms with E-state index in [-0.39, 0.29) is 5.54 Å². The molecular weight excluding hydrogens is 521 g/mol. The van der Waals surface area contributed by atoms with Gasteiger partial charge in [-0.25, -0.2) is 9.59 Å². The summed E-state index contributed by atoms with van der Waals surface area (Å²) in [7, 11) is 4.61. The third-order valence-corrected chi connectivity index (χ3v) is 8.28. The summed E-state index contributed by atoms with van der Waals surface area (Å²) in [5.41, 5.74) is 8.03. The number of thiophene rings is 1. The Balaban J connectivity index is 0.000000454. The number of carbonyl (C=O) groups is 3. The molecule has 1 atom stereocenters. The fourth-order valence-electron chi connectivity index (χ4n) is 4.89. The van der Waals surface area contributed by atoms with Crippen LogP contribution in [-0.4, -0.2) is 59.9 Å². The van der Waals surface area contributed by atoms with E-state index in [1.54, 1.807) is 24.3 Å². The number of quaternary nitrogens is 1. The van der Waals surface area contributed by atoms with Gasteiger partial charge in [-0.15, -0.1) is 11.3 Å². The molecule has 4 rings (SSSR count). The number of benzene rings is 1. The smallest absolute Gasteiger partial charge is 0.475 e. The summed E-state index contributed by atoms with van der Waals surface area (Å²) in [4.78, 5) is 34.8. The van der Waals surface area contributed by atoms with Crippen LogP contribution >= 0.6 is 22.9 Å². The van der Waals surface area contributed by atoms with Crippen LogP contribution in [0.4, 0.5) is 28.7 Å². The zero-order valence-electron chi connectivity index (χ0n) is 19.7. The van der Waals surface area contributed by atoms with Crippen molar-refractivity contribution in [1.82, 2.24) is 0 Å². The minimum absolute atomic E-state index is 0.218. The number of alkyl halides is 3. The lowest BCUT2D eigenvalue weighted by Gasteiger charge is -2.45. The van der Waals surface area contributed by atoms with Crippen LogP contribution < -0.4 is 16.4 Å². The number of fused-ring (bicyclic) bond motifs is 1. The van der Waals surface area contributed by atoms with Crippen LogP contribution in [0, 0.1) is 0 Å². The largest absolute Gasteiger partial charge is 0.490 e. The summed E-state index contributed by atoms with van der Waals surface area (Å²) >= 11 is 7.37. The Bertz CT molecular complexity index is 1170. The molecule has 1 aliphatic heterocycles. The van der Waals surface area contributed by atoms with Crippen LogP contribution in [0.15, 0.2) is 24.3 Å². The highest BCUT2D eigenvalue weighted by molar-refractivity contribution is 7.17. The van der Waals surface area contributed by atoms with Crippen LogP contribution in [-0.2, 0) is 17.6 Å². The minimum Gasteiger partial charge on any atom is -0.475 e. The molecule has 1 unspecified atom stereocenters. The van der Waals surface area contributed by atoms with Gasteiger partial charge < -0.3 is 20.6 Å².